The summed E-state index contributed by atoms with van der Waals surface area (Å²) in [6.45, 7) is 1.08. The van der Waals surface area contributed by atoms with E-state index in [1.807, 2.05) is 0 Å². The molecule has 2 aliphatic rings. The highest BCUT2D eigenvalue weighted by atomic mass is 16.1. The summed E-state index contributed by atoms with van der Waals surface area (Å²) in [7, 11) is 0. The maximum atomic E-state index is 11.4. The van der Waals surface area contributed by atoms with Crippen LogP contribution in [0.15, 0.2) is 30.3 Å². The molecule has 0 amide bonds. The van der Waals surface area contributed by atoms with E-state index in [2.05, 4.69) is 35.6 Å². The summed E-state index contributed by atoms with van der Waals surface area (Å²) in [6.07, 6.45) is 2.67. The largest absolute Gasteiger partial charge is 0.313 e. The predicted octanol–water partition coefficient (Wildman–Crippen LogP) is 1.80. The standard InChI is InChI=1S/C14H17NO/c16-12-7-13-11(9-15-14(13)8-12)6-10-4-2-1-3-5-10/h1-5,11,13-15H,6-9H2. The van der Waals surface area contributed by atoms with E-state index in [4.69, 9.17) is 0 Å². The number of carbonyl (C=O) groups is 1. The van der Waals surface area contributed by atoms with E-state index in [-0.39, 0.29) is 0 Å². The SMILES string of the molecule is O=C1CC2NCC(Cc3ccccc3)C2C1. The number of Topliss-reactive ketones (excluding diaryl/α,β-unsaturated/α-hetero) is 1. The topological polar surface area (TPSA) is 29.1 Å². The van der Waals surface area contributed by atoms with E-state index in [1.165, 1.54) is 5.56 Å². The van der Waals surface area contributed by atoms with Crippen molar-refractivity contribution in [1.82, 2.24) is 5.32 Å². The Hall–Kier alpha value is -1.15. The highest BCUT2D eigenvalue weighted by Gasteiger charge is 2.42. The van der Waals surface area contributed by atoms with Gasteiger partial charge in [0, 0.05) is 18.9 Å². The lowest BCUT2D eigenvalue weighted by Crippen LogP contribution is -2.22. The normalized spacial score (nSPS) is 33.0. The van der Waals surface area contributed by atoms with Gasteiger partial charge in [0.15, 0.2) is 0 Å². The Bertz CT molecular complexity index is 387. The van der Waals surface area contributed by atoms with Crippen molar-refractivity contribution in [1.29, 1.82) is 0 Å². The molecule has 1 heterocycles. The van der Waals surface area contributed by atoms with Crippen LogP contribution in [-0.4, -0.2) is 18.4 Å². The van der Waals surface area contributed by atoms with Crippen LogP contribution in [0, 0.1) is 11.8 Å². The fourth-order valence-electron chi connectivity index (χ4n) is 3.20. The Morgan fingerprint density at radius 2 is 2.00 bits per heavy atom. The van der Waals surface area contributed by atoms with Gasteiger partial charge in [0.05, 0.1) is 0 Å². The maximum absolute atomic E-state index is 11.4. The van der Waals surface area contributed by atoms with Gasteiger partial charge in [-0.1, -0.05) is 30.3 Å². The zero-order valence-corrected chi connectivity index (χ0v) is 9.36. The number of nitrogens with one attached hydrogen (secondary N) is 1. The van der Waals surface area contributed by atoms with E-state index in [9.17, 15) is 4.79 Å². The molecule has 1 saturated carbocycles. The fourth-order valence-corrected chi connectivity index (χ4v) is 3.20. The fraction of sp³-hybridized carbons (Fsp3) is 0.500. The first kappa shape index (κ1) is 10.0. The van der Waals surface area contributed by atoms with Crippen molar-refractivity contribution in [2.45, 2.75) is 25.3 Å². The van der Waals surface area contributed by atoms with Crippen LogP contribution in [0.4, 0.5) is 0 Å². The van der Waals surface area contributed by atoms with Crippen molar-refractivity contribution in [2.24, 2.45) is 11.8 Å². The molecule has 0 spiro atoms. The highest BCUT2D eigenvalue weighted by molar-refractivity contribution is 5.82. The van der Waals surface area contributed by atoms with Gasteiger partial charge in [-0.15, -0.1) is 0 Å². The Labute approximate surface area is 96.1 Å². The third-order valence-corrected chi connectivity index (χ3v) is 4.02. The van der Waals surface area contributed by atoms with Crippen molar-refractivity contribution < 1.29 is 4.79 Å². The van der Waals surface area contributed by atoms with Crippen molar-refractivity contribution >= 4 is 5.78 Å². The Balaban J connectivity index is 1.70. The third-order valence-electron chi connectivity index (χ3n) is 4.02. The van der Waals surface area contributed by atoms with Gasteiger partial charge in [0.1, 0.15) is 5.78 Å². The molecule has 0 bridgehead atoms. The number of fused-ring (bicyclic) bond motifs is 1. The van der Waals surface area contributed by atoms with Gasteiger partial charge in [-0.25, -0.2) is 0 Å². The van der Waals surface area contributed by atoms with E-state index in [0.29, 0.717) is 23.7 Å². The van der Waals surface area contributed by atoms with Crippen LogP contribution in [0.25, 0.3) is 0 Å². The molecule has 3 rings (SSSR count). The van der Waals surface area contributed by atoms with Crippen LogP contribution in [0.5, 0.6) is 0 Å². The predicted molar refractivity (Wildman–Crippen MR) is 63.2 cm³/mol. The molecule has 2 fully saturated rings. The number of hydrogen-bond donors (Lipinski definition) is 1. The minimum absolute atomic E-state index is 0.445. The van der Waals surface area contributed by atoms with Crippen LogP contribution in [0.1, 0.15) is 18.4 Å². The van der Waals surface area contributed by atoms with E-state index in [1.54, 1.807) is 0 Å². The molecule has 1 aromatic rings. The minimum atomic E-state index is 0.445. The van der Waals surface area contributed by atoms with Crippen LogP contribution in [0.3, 0.4) is 0 Å². The van der Waals surface area contributed by atoms with Gasteiger partial charge in [-0.3, -0.25) is 4.79 Å². The molecule has 1 aromatic carbocycles. The van der Waals surface area contributed by atoms with Gasteiger partial charge in [0.25, 0.3) is 0 Å². The number of carbonyl (C=O) groups excluding carboxylic acids is 1. The van der Waals surface area contributed by atoms with Gasteiger partial charge >= 0.3 is 0 Å². The molecule has 3 unspecified atom stereocenters. The lowest BCUT2D eigenvalue weighted by molar-refractivity contribution is -0.117. The molecular formula is C14H17NO. The molecule has 2 nitrogen and oxygen atoms in total. The number of benzene rings is 1. The second kappa shape index (κ2) is 4.02. The number of rotatable bonds is 2. The van der Waals surface area contributed by atoms with Crippen LogP contribution >= 0.6 is 0 Å². The number of ketones is 1. The molecule has 2 heteroatoms. The summed E-state index contributed by atoms with van der Waals surface area (Å²) < 4.78 is 0. The van der Waals surface area contributed by atoms with Crippen molar-refractivity contribution in [2.75, 3.05) is 6.54 Å². The van der Waals surface area contributed by atoms with Crippen LogP contribution in [-0.2, 0) is 11.2 Å². The summed E-state index contributed by atoms with van der Waals surface area (Å²) in [5, 5.41) is 3.50. The van der Waals surface area contributed by atoms with Crippen molar-refractivity contribution in [3.8, 4) is 0 Å². The first-order valence-electron chi connectivity index (χ1n) is 6.12. The second-order valence-electron chi connectivity index (χ2n) is 5.08. The Morgan fingerprint density at radius 3 is 2.81 bits per heavy atom. The van der Waals surface area contributed by atoms with Gasteiger partial charge in [-0.05, 0) is 30.4 Å². The summed E-state index contributed by atoms with van der Waals surface area (Å²) in [6, 6.07) is 11.1. The van der Waals surface area contributed by atoms with Crippen LogP contribution in [0.2, 0.25) is 0 Å². The van der Waals surface area contributed by atoms with Crippen LogP contribution < -0.4 is 5.32 Å². The molecule has 0 aromatic heterocycles. The lowest BCUT2D eigenvalue weighted by Gasteiger charge is -2.16. The third kappa shape index (κ3) is 1.78. The monoisotopic (exact) mass is 215 g/mol. The second-order valence-corrected chi connectivity index (χ2v) is 5.08. The zero-order chi connectivity index (χ0) is 11.0. The Morgan fingerprint density at radius 1 is 1.19 bits per heavy atom. The first-order valence-corrected chi connectivity index (χ1v) is 6.12. The molecular weight excluding hydrogens is 198 g/mol. The van der Waals surface area contributed by atoms with E-state index < -0.39 is 0 Å². The molecule has 1 N–H and O–H groups in total. The quantitative estimate of drug-likeness (QED) is 0.815. The summed E-state index contributed by atoms with van der Waals surface area (Å²) in [4.78, 5) is 11.4. The van der Waals surface area contributed by atoms with Gasteiger partial charge in [0.2, 0.25) is 0 Å². The lowest BCUT2D eigenvalue weighted by atomic mass is 9.87. The minimum Gasteiger partial charge on any atom is -0.313 e. The Kier molecular flexibility index (Phi) is 2.52. The number of hydrogen-bond acceptors (Lipinski definition) is 2. The first-order chi connectivity index (χ1) is 7.83. The summed E-state index contributed by atoms with van der Waals surface area (Å²) >= 11 is 0. The molecule has 0 radical (unpaired) electrons. The molecule has 84 valence electrons. The molecule has 16 heavy (non-hydrogen) atoms. The molecule has 1 aliphatic carbocycles. The van der Waals surface area contributed by atoms with Crippen molar-refractivity contribution in [3.63, 3.8) is 0 Å². The van der Waals surface area contributed by atoms with Gasteiger partial charge in [-0.2, -0.15) is 0 Å². The molecule has 1 saturated heterocycles. The molecule has 1 aliphatic heterocycles. The van der Waals surface area contributed by atoms with Crippen molar-refractivity contribution in [3.05, 3.63) is 35.9 Å². The average Bonchev–Trinajstić information content (AvgIpc) is 2.81. The maximum Gasteiger partial charge on any atom is 0.134 e. The van der Waals surface area contributed by atoms with E-state index >= 15 is 0 Å². The summed E-state index contributed by atoms with van der Waals surface area (Å²) in [5.74, 6) is 1.69. The molecule has 3 atom stereocenters. The zero-order valence-electron chi connectivity index (χ0n) is 9.36. The average molecular weight is 215 g/mol. The highest BCUT2D eigenvalue weighted by Crippen LogP contribution is 2.35. The smallest absolute Gasteiger partial charge is 0.134 e. The van der Waals surface area contributed by atoms with E-state index in [0.717, 1.165) is 25.8 Å². The summed E-state index contributed by atoms with van der Waals surface area (Å²) in [5.41, 5.74) is 1.40. The van der Waals surface area contributed by atoms with Gasteiger partial charge < -0.3 is 5.32 Å².